The molecule has 0 saturated carbocycles. The van der Waals surface area contributed by atoms with Crippen LogP contribution in [-0.2, 0) is 4.79 Å². The summed E-state index contributed by atoms with van der Waals surface area (Å²) in [6.45, 7) is 0. The topological polar surface area (TPSA) is 29.1 Å². The number of anilines is 1. The van der Waals surface area contributed by atoms with Crippen molar-refractivity contribution in [2.24, 2.45) is 0 Å². The van der Waals surface area contributed by atoms with Crippen molar-refractivity contribution in [1.29, 1.82) is 0 Å². The smallest absolute Gasteiger partial charge is 0.211 e. The van der Waals surface area contributed by atoms with Gasteiger partial charge in [-0.05, 0) is 12.1 Å². The molecule has 1 N–H and O–H groups in total. The van der Waals surface area contributed by atoms with E-state index in [4.69, 9.17) is 0 Å². The highest BCUT2D eigenvalue weighted by atomic mass is 28.1. The third-order valence-corrected chi connectivity index (χ3v) is 1.94. The van der Waals surface area contributed by atoms with Crippen LogP contribution in [0.1, 0.15) is 0 Å². The van der Waals surface area contributed by atoms with Gasteiger partial charge < -0.3 is 5.32 Å². The average Bonchev–Trinajstić information content (AvgIpc) is 1.95. The predicted molar refractivity (Wildman–Crippen MR) is 45.7 cm³/mol. The molecule has 0 atom stereocenters. The first-order valence-corrected chi connectivity index (χ1v) is 4.10. The van der Waals surface area contributed by atoms with Crippen molar-refractivity contribution in [3.8, 4) is 0 Å². The van der Waals surface area contributed by atoms with Gasteiger partial charge in [-0.1, -0.05) is 17.3 Å². The molecule has 0 aliphatic rings. The minimum absolute atomic E-state index is 0.683. The van der Waals surface area contributed by atoms with Crippen molar-refractivity contribution >= 4 is 27.5 Å². The maximum atomic E-state index is 9.96. The maximum Gasteiger partial charge on any atom is 0.211 e. The molecule has 10 heavy (non-hydrogen) atoms. The van der Waals surface area contributed by atoms with Crippen LogP contribution in [0, 0.1) is 0 Å². The zero-order valence-corrected chi connectivity index (χ0v) is 7.79. The van der Waals surface area contributed by atoms with Gasteiger partial charge in [0.15, 0.2) is 0 Å². The van der Waals surface area contributed by atoms with Gasteiger partial charge in [-0.15, -0.1) is 0 Å². The van der Waals surface area contributed by atoms with Gasteiger partial charge in [-0.2, -0.15) is 0 Å². The zero-order valence-electron chi connectivity index (χ0n) is 5.79. The van der Waals surface area contributed by atoms with E-state index in [1.54, 1.807) is 0 Å². The zero-order chi connectivity index (χ0) is 7.40. The van der Waals surface area contributed by atoms with E-state index in [9.17, 15) is 4.79 Å². The third kappa shape index (κ3) is 1.70. The first-order valence-electron chi connectivity index (χ1n) is 3.10. The lowest BCUT2D eigenvalue weighted by Gasteiger charge is -1.96. The Bertz CT molecular complexity index is 220. The van der Waals surface area contributed by atoms with Crippen LogP contribution in [0.4, 0.5) is 5.69 Å². The Morgan fingerprint density at radius 2 is 1.90 bits per heavy atom. The molecule has 0 aliphatic heterocycles. The highest BCUT2D eigenvalue weighted by Gasteiger charge is 1.86. The van der Waals surface area contributed by atoms with Crippen LogP contribution >= 0.6 is 0 Å². The van der Waals surface area contributed by atoms with Gasteiger partial charge in [-0.25, -0.2) is 0 Å². The van der Waals surface area contributed by atoms with Crippen molar-refractivity contribution in [3.63, 3.8) is 0 Å². The van der Waals surface area contributed by atoms with E-state index < -0.39 is 0 Å². The Morgan fingerprint density at radius 1 is 1.30 bits per heavy atom. The predicted octanol–water partition coefficient (Wildman–Crippen LogP) is -0.754. The molecule has 52 valence electrons. The van der Waals surface area contributed by atoms with E-state index in [0.29, 0.717) is 6.41 Å². The molecule has 1 aromatic carbocycles. The lowest BCUT2D eigenvalue weighted by Crippen LogP contribution is -2.01. The Balaban J connectivity index is 2.78. The number of amides is 1. The molecule has 0 unspecified atom stereocenters. The summed E-state index contributed by atoms with van der Waals surface area (Å²) in [5.74, 6) is 0. The van der Waals surface area contributed by atoms with Crippen LogP contribution in [0.3, 0.4) is 0 Å². The highest BCUT2D eigenvalue weighted by molar-refractivity contribution is 6.32. The van der Waals surface area contributed by atoms with Gasteiger partial charge >= 0.3 is 0 Å². The Kier molecular flexibility index (Phi) is 2.23. The second kappa shape index (κ2) is 3.17. The Labute approximate surface area is 62.7 Å². The fourth-order valence-corrected chi connectivity index (χ4v) is 1.05. The molecule has 0 aliphatic carbocycles. The molecule has 0 bridgehead atoms. The second-order valence-electron chi connectivity index (χ2n) is 2.13. The highest BCUT2D eigenvalue weighted by Crippen LogP contribution is 2.00. The van der Waals surface area contributed by atoms with Crippen molar-refractivity contribution < 1.29 is 4.79 Å². The molecule has 1 aromatic rings. The first-order chi connectivity index (χ1) is 4.83. The summed E-state index contributed by atoms with van der Waals surface area (Å²) in [5, 5.41) is 3.90. The standard InChI is InChI=1S/C7H9NOSi/c9-5-8-6-1-3-7(10)4-2-6/h1-5H,10H3,(H,8,9). The molecule has 0 spiro atoms. The minimum Gasteiger partial charge on any atom is -0.329 e. The Hall–Kier alpha value is -1.09. The molecular weight excluding hydrogens is 142 g/mol. The van der Waals surface area contributed by atoms with Gasteiger partial charge in [-0.3, -0.25) is 4.79 Å². The lowest BCUT2D eigenvalue weighted by molar-refractivity contribution is -0.105. The molecule has 0 heterocycles. The molecule has 0 radical (unpaired) electrons. The van der Waals surface area contributed by atoms with E-state index >= 15 is 0 Å². The van der Waals surface area contributed by atoms with Crippen LogP contribution in [0.2, 0.25) is 0 Å². The Morgan fingerprint density at radius 3 is 2.40 bits per heavy atom. The van der Waals surface area contributed by atoms with E-state index in [2.05, 4.69) is 5.32 Å². The number of nitrogens with one attached hydrogen (secondary N) is 1. The molecule has 0 saturated heterocycles. The molecule has 2 nitrogen and oxygen atoms in total. The SMILES string of the molecule is O=CNc1ccc([SiH3])cc1. The van der Waals surface area contributed by atoms with Gasteiger partial charge in [0.2, 0.25) is 6.41 Å². The second-order valence-corrected chi connectivity index (χ2v) is 3.28. The molecule has 0 fully saturated rings. The van der Waals surface area contributed by atoms with Crippen molar-refractivity contribution in [2.45, 2.75) is 0 Å². The van der Waals surface area contributed by atoms with Gasteiger partial charge in [0.25, 0.3) is 0 Å². The maximum absolute atomic E-state index is 9.96. The fraction of sp³-hybridized carbons (Fsp3) is 0. The first kappa shape index (κ1) is 7.02. The molecule has 1 amide bonds. The summed E-state index contributed by atoms with van der Waals surface area (Å²) in [7, 11) is 1.06. The minimum atomic E-state index is 0.683. The molecule has 0 aromatic heterocycles. The van der Waals surface area contributed by atoms with Gasteiger partial charge in [0.1, 0.15) is 0 Å². The summed E-state index contributed by atoms with van der Waals surface area (Å²) in [4.78, 5) is 9.96. The molecule has 3 heteroatoms. The normalized spacial score (nSPS) is 9.20. The monoisotopic (exact) mass is 151 g/mol. The van der Waals surface area contributed by atoms with Gasteiger partial charge in [0, 0.05) is 15.9 Å². The van der Waals surface area contributed by atoms with Crippen LogP contribution in [-0.4, -0.2) is 16.7 Å². The number of carbonyl (C=O) groups is 1. The quantitative estimate of drug-likeness (QED) is 0.437. The van der Waals surface area contributed by atoms with E-state index in [1.807, 2.05) is 24.3 Å². The van der Waals surface area contributed by atoms with Crippen LogP contribution < -0.4 is 10.5 Å². The number of carbonyl (C=O) groups excluding carboxylic acids is 1. The van der Waals surface area contributed by atoms with Crippen LogP contribution in [0.25, 0.3) is 0 Å². The van der Waals surface area contributed by atoms with Crippen LogP contribution in [0.15, 0.2) is 24.3 Å². The summed E-state index contributed by atoms with van der Waals surface area (Å²) in [5.41, 5.74) is 0.856. The molecule has 1 rings (SSSR count). The van der Waals surface area contributed by atoms with E-state index in [1.165, 1.54) is 5.19 Å². The third-order valence-electron chi connectivity index (χ3n) is 1.28. The van der Waals surface area contributed by atoms with E-state index in [0.717, 1.165) is 15.9 Å². The fourth-order valence-electron chi connectivity index (χ4n) is 0.718. The summed E-state index contributed by atoms with van der Waals surface area (Å²) in [6, 6.07) is 7.82. The number of hydrogen-bond donors (Lipinski definition) is 1. The van der Waals surface area contributed by atoms with Crippen molar-refractivity contribution in [1.82, 2.24) is 0 Å². The summed E-state index contributed by atoms with van der Waals surface area (Å²) in [6.07, 6.45) is 0.683. The largest absolute Gasteiger partial charge is 0.329 e. The number of benzene rings is 1. The number of rotatable bonds is 2. The number of hydrogen-bond acceptors (Lipinski definition) is 1. The van der Waals surface area contributed by atoms with Crippen molar-refractivity contribution in [2.75, 3.05) is 5.32 Å². The average molecular weight is 151 g/mol. The van der Waals surface area contributed by atoms with Crippen molar-refractivity contribution in [3.05, 3.63) is 24.3 Å². The molecular formula is C7H9NOSi. The van der Waals surface area contributed by atoms with E-state index in [-0.39, 0.29) is 0 Å². The summed E-state index contributed by atoms with van der Waals surface area (Å²) < 4.78 is 0. The van der Waals surface area contributed by atoms with Gasteiger partial charge in [0.05, 0.1) is 0 Å². The lowest BCUT2D eigenvalue weighted by atomic mass is 10.3. The summed E-state index contributed by atoms with van der Waals surface area (Å²) >= 11 is 0. The van der Waals surface area contributed by atoms with Crippen LogP contribution in [0.5, 0.6) is 0 Å².